The molecule has 0 aliphatic rings. The third-order valence-electron chi connectivity index (χ3n) is 3.08. The van der Waals surface area contributed by atoms with E-state index in [0.717, 1.165) is 18.6 Å². The van der Waals surface area contributed by atoms with Crippen molar-refractivity contribution >= 4 is 15.7 Å². The Morgan fingerprint density at radius 3 is 2.42 bits per heavy atom. The summed E-state index contributed by atoms with van der Waals surface area (Å²) in [4.78, 5) is -0.640. The van der Waals surface area contributed by atoms with Crippen LogP contribution in [0.1, 0.15) is 27.2 Å². The van der Waals surface area contributed by atoms with Crippen LogP contribution < -0.4 is 10.5 Å². The van der Waals surface area contributed by atoms with Crippen LogP contribution in [0.5, 0.6) is 0 Å². The molecule has 0 saturated carbocycles. The molecule has 0 amide bonds. The monoisotopic (exact) mass is 292 g/mol. The highest BCUT2D eigenvalue weighted by molar-refractivity contribution is 7.89. The van der Waals surface area contributed by atoms with E-state index in [2.05, 4.69) is 4.72 Å². The summed E-state index contributed by atoms with van der Waals surface area (Å²) in [5, 5.41) is 0. The van der Waals surface area contributed by atoms with Crippen molar-refractivity contribution in [1.29, 1.82) is 0 Å². The van der Waals surface area contributed by atoms with Crippen molar-refractivity contribution in [2.75, 3.05) is 12.3 Å². The lowest BCUT2D eigenvalue weighted by Crippen LogP contribution is -2.34. The SMILES string of the molecule is CCC(C)(C)CNS(=O)(=O)c1ccc(F)c(N)c1F. The van der Waals surface area contributed by atoms with Crippen LogP contribution in [-0.2, 0) is 10.0 Å². The number of nitrogens with one attached hydrogen (secondary N) is 1. The number of rotatable bonds is 5. The van der Waals surface area contributed by atoms with Gasteiger partial charge in [-0.05, 0) is 24.0 Å². The third kappa shape index (κ3) is 3.63. The van der Waals surface area contributed by atoms with Crippen molar-refractivity contribution in [1.82, 2.24) is 4.72 Å². The van der Waals surface area contributed by atoms with E-state index in [-0.39, 0.29) is 12.0 Å². The average Bonchev–Trinajstić information content (AvgIpc) is 2.34. The van der Waals surface area contributed by atoms with Crippen LogP contribution in [0.3, 0.4) is 0 Å². The van der Waals surface area contributed by atoms with Crippen molar-refractivity contribution in [3.63, 3.8) is 0 Å². The number of benzene rings is 1. The Bertz CT molecular complexity index is 571. The smallest absolute Gasteiger partial charge is 0.243 e. The summed E-state index contributed by atoms with van der Waals surface area (Å²) in [6.07, 6.45) is 0.754. The summed E-state index contributed by atoms with van der Waals surface area (Å²) >= 11 is 0. The number of nitrogen functional groups attached to an aromatic ring is 1. The van der Waals surface area contributed by atoms with Crippen molar-refractivity contribution in [3.8, 4) is 0 Å². The zero-order chi connectivity index (χ0) is 14.8. The maximum atomic E-state index is 13.7. The molecule has 0 aliphatic carbocycles. The zero-order valence-electron chi connectivity index (χ0n) is 11.1. The van der Waals surface area contributed by atoms with E-state index in [1.165, 1.54) is 0 Å². The second kappa shape index (κ2) is 5.42. The van der Waals surface area contributed by atoms with E-state index < -0.39 is 32.2 Å². The minimum atomic E-state index is -4.05. The fourth-order valence-corrected chi connectivity index (χ4v) is 2.58. The van der Waals surface area contributed by atoms with Crippen molar-refractivity contribution in [2.45, 2.75) is 32.1 Å². The van der Waals surface area contributed by atoms with Gasteiger partial charge in [-0.3, -0.25) is 0 Å². The number of halogens is 2. The molecule has 0 bridgehead atoms. The maximum absolute atomic E-state index is 13.7. The van der Waals surface area contributed by atoms with Gasteiger partial charge < -0.3 is 5.73 Å². The molecule has 0 unspecified atom stereocenters. The molecule has 1 aromatic carbocycles. The van der Waals surface area contributed by atoms with Crippen molar-refractivity contribution in [3.05, 3.63) is 23.8 Å². The fourth-order valence-electron chi connectivity index (χ4n) is 1.25. The first-order valence-electron chi connectivity index (χ1n) is 5.84. The summed E-state index contributed by atoms with van der Waals surface area (Å²) in [5.41, 5.74) is 4.10. The van der Waals surface area contributed by atoms with Crippen LogP contribution in [-0.4, -0.2) is 15.0 Å². The van der Waals surface area contributed by atoms with Gasteiger partial charge in [0.05, 0.1) is 0 Å². The molecule has 0 heterocycles. The first-order valence-corrected chi connectivity index (χ1v) is 7.32. The molecule has 1 rings (SSSR count). The predicted octanol–water partition coefficient (Wildman–Crippen LogP) is 2.26. The molecule has 0 atom stereocenters. The summed E-state index contributed by atoms with van der Waals surface area (Å²) in [5.74, 6) is -2.24. The standard InChI is InChI=1S/C12H18F2N2O2S/c1-4-12(2,3)7-16-19(17,18)9-6-5-8(13)11(15)10(9)14/h5-6,16H,4,7,15H2,1-3H3. The molecule has 0 radical (unpaired) electrons. The molecule has 7 heteroatoms. The molecule has 4 nitrogen and oxygen atoms in total. The number of anilines is 1. The van der Waals surface area contributed by atoms with Crippen LogP contribution in [0.4, 0.5) is 14.5 Å². The van der Waals surface area contributed by atoms with E-state index in [1.807, 2.05) is 20.8 Å². The van der Waals surface area contributed by atoms with Gasteiger partial charge in [0, 0.05) is 6.54 Å². The molecule has 19 heavy (non-hydrogen) atoms. The minimum Gasteiger partial charge on any atom is -0.394 e. The van der Waals surface area contributed by atoms with Crippen LogP contribution in [0.25, 0.3) is 0 Å². The molecule has 0 spiro atoms. The number of nitrogens with two attached hydrogens (primary N) is 1. The van der Waals surface area contributed by atoms with Crippen molar-refractivity contribution < 1.29 is 17.2 Å². The van der Waals surface area contributed by atoms with Crippen LogP contribution in [0, 0.1) is 17.0 Å². The van der Waals surface area contributed by atoms with Crippen molar-refractivity contribution in [2.24, 2.45) is 5.41 Å². The topological polar surface area (TPSA) is 72.2 Å². The van der Waals surface area contributed by atoms with Gasteiger partial charge in [0.15, 0.2) is 5.82 Å². The lowest BCUT2D eigenvalue weighted by atomic mass is 9.91. The van der Waals surface area contributed by atoms with E-state index >= 15 is 0 Å². The number of hydrogen-bond donors (Lipinski definition) is 2. The normalized spacial score (nSPS) is 12.7. The maximum Gasteiger partial charge on any atom is 0.243 e. The van der Waals surface area contributed by atoms with E-state index in [9.17, 15) is 17.2 Å². The molecular formula is C12H18F2N2O2S. The molecule has 0 aromatic heterocycles. The first-order chi connectivity index (χ1) is 8.60. The molecule has 108 valence electrons. The van der Waals surface area contributed by atoms with E-state index in [0.29, 0.717) is 0 Å². The molecule has 1 aromatic rings. The predicted molar refractivity (Wildman–Crippen MR) is 70.0 cm³/mol. The van der Waals surface area contributed by atoms with Gasteiger partial charge in [-0.25, -0.2) is 21.9 Å². The molecule has 0 aliphatic heterocycles. The molecular weight excluding hydrogens is 274 g/mol. The van der Waals surface area contributed by atoms with E-state index in [1.54, 1.807) is 0 Å². The molecule has 0 saturated heterocycles. The van der Waals surface area contributed by atoms with Gasteiger partial charge in [-0.15, -0.1) is 0 Å². The Kier molecular flexibility index (Phi) is 4.52. The lowest BCUT2D eigenvalue weighted by Gasteiger charge is -2.22. The summed E-state index contributed by atoms with van der Waals surface area (Å²) in [6.45, 7) is 5.84. The van der Waals surface area contributed by atoms with Gasteiger partial charge >= 0.3 is 0 Å². The summed E-state index contributed by atoms with van der Waals surface area (Å²) in [6, 6.07) is 1.69. The Hall–Kier alpha value is -1.21. The Balaban J connectivity index is 3.06. The Labute approximate surface area is 112 Å². The second-order valence-electron chi connectivity index (χ2n) is 5.12. The number of sulfonamides is 1. The molecule has 0 fully saturated rings. The van der Waals surface area contributed by atoms with Gasteiger partial charge in [0.25, 0.3) is 0 Å². The quantitative estimate of drug-likeness (QED) is 0.818. The fraction of sp³-hybridized carbons (Fsp3) is 0.500. The summed E-state index contributed by atoms with van der Waals surface area (Å²) < 4.78 is 52.9. The van der Waals surface area contributed by atoms with E-state index in [4.69, 9.17) is 5.73 Å². The molecule has 3 N–H and O–H groups in total. The highest BCUT2D eigenvalue weighted by Crippen LogP contribution is 2.24. The van der Waals surface area contributed by atoms with Gasteiger partial charge in [-0.2, -0.15) is 0 Å². The number of hydrogen-bond acceptors (Lipinski definition) is 3. The first kappa shape index (κ1) is 15.8. The summed E-state index contributed by atoms with van der Waals surface area (Å²) in [7, 11) is -4.05. The Morgan fingerprint density at radius 2 is 1.89 bits per heavy atom. The van der Waals surface area contributed by atoms with Gasteiger partial charge in [0.1, 0.15) is 16.4 Å². The highest BCUT2D eigenvalue weighted by Gasteiger charge is 2.25. The zero-order valence-corrected chi connectivity index (χ0v) is 11.9. The average molecular weight is 292 g/mol. The van der Waals surface area contributed by atoms with Gasteiger partial charge in [0.2, 0.25) is 10.0 Å². The largest absolute Gasteiger partial charge is 0.394 e. The minimum absolute atomic E-state index is 0.155. The van der Waals surface area contributed by atoms with Gasteiger partial charge in [-0.1, -0.05) is 20.8 Å². The highest BCUT2D eigenvalue weighted by atomic mass is 32.2. The Morgan fingerprint density at radius 1 is 1.32 bits per heavy atom. The van der Waals surface area contributed by atoms with Crippen LogP contribution >= 0.6 is 0 Å². The lowest BCUT2D eigenvalue weighted by molar-refractivity contribution is 0.350. The second-order valence-corrected chi connectivity index (χ2v) is 6.85. The van der Waals surface area contributed by atoms with Crippen LogP contribution in [0.2, 0.25) is 0 Å². The third-order valence-corrected chi connectivity index (χ3v) is 4.50. The van der Waals surface area contributed by atoms with Crippen LogP contribution in [0.15, 0.2) is 17.0 Å².